The summed E-state index contributed by atoms with van der Waals surface area (Å²) < 4.78 is 20.8. The van der Waals surface area contributed by atoms with Crippen molar-refractivity contribution in [2.45, 2.75) is 31.7 Å². The van der Waals surface area contributed by atoms with E-state index in [4.69, 9.17) is 27.9 Å². The molecule has 2 aromatic rings. The van der Waals surface area contributed by atoms with E-state index in [0.29, 0.717) is 23.5 Å². The van der Waals surface area contributed by atoms with Gasteiger partial charge in [0, 0.05) is 25.8 Å². The maximum atomic E-state index is 13.7. The Morgan fingerprint density at radius 1 is 1.40 bits per heavy atom. The summed E-state index contributed by atoms with van der Waals surface area (Å²) in [6.45, 7) is 4.50. The van der Waals surface area contributed by atoms with Crippen LogP contribution in [0.5, 0.6) is 0 Å². The standard InChI is InChI=1S/C14H17Cl2FN2O/c1-8(4-5-20-3)19-13-7-11(17)10(16)6-12(13)18-14(19)9(2)15/h6-9H,4-5H2,1-3H3. The van der Waals surface area contributed by atoms with Crippen molar-refractivity contribution in [1.82, 2.24) is 9.55 Å². The number of benzene rings is 1. The lowest BCUT2D eigenvalue weighted by Crippen LogP contribution is -2.12. The molecule has 3 nitrogen and oxygen atoms in total. The van der Waals surface area contributed by atoms with Crippen LogP contribution in [-0.2, 0) is 4.74 Å². The summed E-state index contributed by atoms with van der Waals surface area (Å²) >= 11 is 12.0. The van der Waals surface area contributed by atoms with Gasteiger partial charge < -0.3 is 9.30 Å². The lowest BCUT2D eigenvalue weighted by Gasteiger charge is -2.18. The minimum Gasteiger partial charge on any atom is -0.385 e. The average molecular weight is 319 g/mol. The highest BCUT2D eigenvalue weighted by atomic mass is 35.5. The second kappa shape index (κ2) is 6.29. The molecule has 0 saturated carbocycles. The predicted octanol–water partition coefficient (Wildman–Crippen LogP) is 4.73. The van der Waals surface area contributed by atoms with Crippen LogP contribution in [0.15, 0.2) is 12.1 Å². The Balaban J connectivity index is 2.58. The number of halogens is 3. The van der Waals surface area contributed by atoms with E-state index >= 15 is 0 Å². The summed E-state index contributed by atoms with van der Waals surface area (Å²) in [4.78, 5) is 4.48. The van der Waals surface area contributed by atoms with Crippen LogP contribution in [0.1, 0.15) is 37.5 Å². The van der Waals surface area contributed by atoms with Crippen molar-refractivity contribution in [1.29, 1.82) is 0 Å². The number of aromatic nitrogens is 2. The van der Waals surface area contributed by atoms with Crippen molar-refractivity contribution >= 4 is 34.2 Å². The number of nitrogens with zero attached hydrogens (tertiary/aromatic N) is 2. The molecule has 0 amide bonds. The largest absolute Gasteiger partial charge is 0.385 e. The van der Waals surface area contributed by atoms with E-state index in [1.54, 1.807) is 7.11 Å². The molecule has 0 aliphatic rings. The van der Waals surface area contributed by atoms with Gasteiger partial charge in [0.15, 0.2) is 0 Å². The van der Waals surface area contributed by atoms with Crippen molar-refractivity contribution < 1.29 is 9.13 Å². The van der Waals surface area contributed by atoms with Crippen molar-refractivity contribution in [2.24, 2.45) is 0 Å². The number of hydrogen-bond donors (Lipinski definition) is 0. The number of methoxy groups -OCH3 is 1. The highest BCUT2D eigenvalue weighted by molar-refractivity contribution is 6.31. The quantitative estimate of drug-likeness (QED) is 0.745. The van der Waals surface area contributed by atoms with Crippen LogP contribution in [-0.4, -0.2) is 23.3 Å². The van der Waals surface area contributed by atoms with E-state index in [1.807, 2.05) is 18.4 Å². The number of alkyl halides is 1. The van der Waals surface area contributed by atoms with E-state index in [0.717, 1.165) is 6.42 Å². The summed E-state index contributed by atoms with van der Waals surface area (Å²) in [6, 6.07) is 3.06. The number of rotatable bonds is 5. The third-order valence-electron chi connectivity index (χ3n) is 3.30. The third-order valence-corrected chi connectivity index (χ3v) is 3.78. The summed E-state index contributed by atoms with van der Waals surface area (Å²) in [7, 11) is 1.66. The number of imidazole rings is 1. The summed E-state index contributed by atoms with van der Waals surface area (Å²) in [5.41, 5.74) is 1.36. The highest BCUT2D eigenvalue weighted by Gasteiger charge is 2.20. The van der Waals surface area contributed by atoms with Gasteiger partial charge in [0.1, 0.15) is 11.6 Å². The number of ether oxygens (including phenoxy) is 1. The molecule has 0 aliphatic heterocycles. The first-order valence-electron chi connectivity index (χ1n) is 6.45. The first kappa shape index (κ1) is 15.5. The molecule has 0 fully saturated rings. The van der Waals surface area contributed by atoms with E-state index in [9.17, 15) is 4.39 Å². The fourth-order valence-corrected chi connectivity index (χ4v) is 2.58. The van der Waals surface area contributed by atoms with Gasteiger partial charge in [-0.3, -0.25) is 0 Å². The zero-order valence-corrected chi connectivity index (χ0v) is 13.2. The Morgan fingerprint density at radius 3 is 2.70 bits per heavy atom. The molecule has 1 aromatic heterocycles. The van der Waals surface area contributed by atoms with E-state index in [-0.39, 0.29) is 16.4 Å². The SMILES string of the molecule is COCCC(C)n1c(C(C)Cl)nc2cc(Cl)c(F)cc21. The molecule has 1 heterocycles. The first-order chi connectivity index (χ1) is 9.45. The van der Waals surface area contributed by atoms with Gasteiger partial charge in [-0.25, -0.2) is 9.37 Å². The normalized spacial score (nSPS) is 14.7. The van der Waals surface area contributed by atoms with Crippen LogP contribution in [0.25, 0.3) is 11.0 Å². The molecule has 6 heteroatoms. The molecule has 0 spiro atoms. The molecule has 1 aromatic carbocycles. The second-order valence-electron chi connectivity index (χ2n) is 4.84. The molecule has 110 valence electrons. The summed E-state index contributed by atoms with van der Waals surface area (Å²) in [6.07, 6.45) is 0.794. The van der Waals surface area contributed by atoms with Crippen LogP contribution in [0.3, 0.4) is 0 Å². The zero-order chi connectivity index (χ0) is 14.9. The van der Waals surface area contributed by atoms with Crippen molar-refractivity contribution in [3.05, 3.63) is 28.8 Å². The molecular formula is C14H17Cl2FN2O. The molecule has 2 rings (SSSR count). The minimum absolute atomic E-state index is 0.0699. The van der Waals surface area contributed by atoms with Crippen LogP contribution in [0.2, 0.25) is 5.02 Å². The summed E-state index contributed by atoms with van der Waals surface area (Å²) in [5, 5.41) is -0.199. The molecule has 2 unspecified atom stereocenters. The molecule has 20 heavy (non-hydrogen) atoms. The van der Waals surface area contributed by atoms with Gasteiger partial charge in [0.25, 0.3) is 0 Å². The van der Waals surface area contributed by atoms with Crippen LogP contribution < -0.4 is 0 Å². The number of hydrogen-bond acceptors (Lipinski definition) is 2. The van der Waals surface area contributed by atoms with Gasteiger partial charge in [-0.05, 0) is 26.3 Å². The first-order valence-corrected chi connectivity index (χ1v) is 7.27. The Hall–Kier alpha value is -0.840. The van der Waals surface area contributed by atoms with E-state index in [1.165, 1.54) is 12.1 Å². The van der Waals surface area contributed by atoms with Gasteiger partial charge in [-0.2, -0.15) is 0 Å². The van der Waals surface area contributed by atoms with Crippen LogP contribution in [0, 0.1) is 5.82 Å². The van der Waals surface area contributed by atoms with Crippen molar-refractivity contribution in [3.8, 4) is 0 Å². The molecule has 0 N–H and O–H groups in total. The third kappa shape index (κ3) is 2.92. The summed E-state index contributed by atoms with van der Waals surface area (Å²) in [5.74, 6) is 0.264. The second-order valence-corrected chi connectivity index (χ2v) is 5.90. The molecular weight excluding hydrogens is 302 g/mol. The average Bonchev–Trinajstić information content (AvgIpc) is 2.75. The number of fused-ring (bicyclic) bond motifs is 1. The Bertz CT molecular complexity index is 613. The highest BCUT2D eigenvalue weighted by Crippen LogP contribution is 2.31. The molecule has 2 atom stereocenters. The zero-order valence-electron chi connectivity index (χ0n) is 11.7. The molecule has 0 radical (unpaired) electrons. The maximum absolute atomic E-state index is 13.7. The fourth-order valence-electron chi connectivity index (χ4n) is 2.27. The molecule has 0 saturated heterocycles. The Morgan fingerprint density at radius 2 is 2.10 bits per heavy atom. The molecule has 0 aliphatic carbocycles. The predicted molar refractivity (Wildman–Crippen MR) is 80.2 cm³/mol. The van der Waals surface area contributed by atoms with E-state index < -0.39 is 5.82 Å². The van der Waals surface area contributed by atoms with Crippen LogP contribution >= 0.6 is 23.2 Å². The lowest BCUT2D eigenvalue weighted by molar-refractivity contribution is 0.181. The van der Waals surface area contributed by atoms with Gasteiger partial charge >= 0.3 is 0 Å². The lowest BCUT2D eigenvalue weighted by atomic mass is 10.2. The Labute approximate surface area is 127 Å². The Kier molecular flexibility index (Phi) is 4.89. The van der Waals surface area contributed by atoms with Crippen molar-refractivity contribution in [3.63, 3.8) is 0 Å². The fraction of sp³-hybridized carbons (Fsp3) is 0.500. The molecule has 0 bridgehead atoms. The van der Waals surface area contributed by atoms with Gasteiger partial charge in [-0.1, -0.05) is 11.6 Å². The minimum atomic E-state index is -0.451. The van der Waals surface area contributed by atoms with Gasteiger partial charge in [0.2, 0.25) is 0 Å². The van der Waals surface area contributed by atoms with Crippen molar-refractivity contribution in [2.75, 3.05) is 13.7 Å². The maximum Gasteiger partial charge on any atom is 0.144 e. The van der Waals surface area contributed by atoms with Gasteiger partial charge in [0.05, 0.1) is 21.4 Å². The van der Waals surface area contributed by atoms with Crippen LogP contribution in [0.4, 0.5) is 4.39 Å². The van der Waals surface area contributed by atoms with E-state index in [2.05, 4.69) is 4.98 Å². The monoisotopic (exact) mass is 318 g/mol. The topological polar surface area (TPSA) is 27.1 Å². The smallest absolute Gasteiger partial charge is 0.144 e. The van der Waals surface area contributed by atoms with Gasteiger partial charge in [-0.15, -0.1) is 11.6 Å².